The Kier molecular flexibility index (Phi) is 6.74. The number of carbonyl (C=O) groups is 1. The molecule has 1 atom stereocenters. The van der Waals surface area contributed by atoms with Gasteiger partial charge in [0.25, 0.3) is 0 Å². The largest absolute Gasteiger partial charge is 0.348 e. The van der Waals surface area contributed by atoms with E-state index in [0.29, 0.717) is 11.3 Å². The van der Waals surface area contributed by atoms with E-state index in [2.05, 4.69) is 5.32 Å². The molecule has 2 rings (SSSR count). The molecule has 9 heteroatoms. The van der Waals surface area contributed by atoms with Gasteiger partial charge in [0.05, 0.1) is 22.9 Å². The maximum absolute atomic E-state index is 12.6. The fourth-order valence-electron chi connectivity index (χ4n) is 2.89. The van der Waals surface area contributed by atoms with Crippen LogP contribution in [0.4, 0.5) is 5.69 Å². The quantitative estimate of drug-likeness (QED) is 0.715. The fraction of sp³-hybridized carbons (Fsp3) is 0.350. The number of nitrogens with zero attached hydrogens (tertiary/aromatic N) is 1. The summed E-state index contributed by atoms with van der Waals surface area (Å²) in [6.07, 6.45) is 2.19. The van der Waals surface area contributed by atoms with E-state index in [-0.39, 0.29) is 11.4 Å². The lowest BCUT2D eigenvalue weighted by Crippen LogP contribution is -2.41. The average Bonchev–Trinajstić information content (AvgIpc) is 2.61. The second kappa shape index (κ2) is 8.54. The molecular weight excluding hydrogens is 412 g/mol. The summed E-state index contributed by atoms with van der Waals surface area (Å²) in [5, 5.41) is 2.77. The minimum Gasteiger partial charge on any atom is -0.348 e. The highest BCUT2D eigenvalue weighted by molar-refractivity contribution is 7.92. The molecule has 158 valence electrons. The Balaban J connectivity index is 2.19. The van der Waals surface area contributed by atoms with Gasteiger partial charge in [0.1, 0.15) is 6.54 Å². The number of aryl methyl sites for hydroxylation is 1. The molecule has 0 unspecified atom stereocenters. The van der Waals surface area contributed by atoms with Crippen molar-refractivity contribution in [1.29, 1.82) is 0 Å². The van der Waals surface area contributed by atoms with E-state index >= 15 is 0 Å². The number of sulfone groups is 1. The molecule has 0 fully saturated rings. The van der Waals surface area contributed by atoms with E-state index in [1.165, 1.54) is 12.1 Å². The molecule has 7 nitrogen and oxygen atoms in total. The third-order valence-corrected chi connectivity index (χ3v) is 6.97. The third kappa shape index (κ3) is 5.80. The molecule has 0 saturated carbocycles. The van der Waals surface area contributed by atoms with Gasteiger partial charge in [0.2, 0.25) is 15.9 Å². The van der Waals surface area contributed by atoms with Gasteiger partial charge < -0.3 is 5.32 Å². The minimum atomic E-state index is -3.67. The molecule has 0 aromatic heterocycles. The summed E-state index contributed by atoms with van der Waals surface area (Å²) in [4.78, 5) is 12.8. The number of hydrogen-bond acceptors (Lipinski definition) is 5. The Morgan fingerprint density at radius 1 is 1.00 bits per heavy atom. The van der Waals surface area contributed by atoms with Crippen molar-refractivity contribution in [2.45, 2.75) is 31.7 Å². The van der Waals surface area contributed by atoms with Crippen molar-refractivity contribution in [2.75, 3.05) is 23.4 Å². The molecule has 0 aliphatic heterocycles. The van der Waals surface area contributed by atoms with Gasteiger partial charge in [-0.05, 0) is 55.7 Å². The van der Waals surface area contributed by atoms with Gasteiger partial charge in [-0.25, -0.2) is 16.8 Å². The van der Waals surface area contributed by atoms with Gasteiger partial charge in [0, 0.05) is 6.26 Å². The molecule has 0 aliphatic rings. The molecule has 0 aliphatic carbocycles. The highest BCUT2D eigenvalue weighted by Crippen LogP contribution is 2.25. The van der Waals surface area contributed by atoms with Crippen molar-refractivity contribution in [3.8, 4) is 0 Å². The van der Waals surface area contributed by atoms with Crippen LogP contribution >= 0.6 is 0 Å². The Morgan fingerprint density at radius 2 is 1.59 bits per heavy atom. The molecule has 0 saturated heterocycles. The van der Waals surface area contributed by atoms with Crippen molar-refractivity contribution in [1.82, 2.24) is 5.32 Å². The van der Waals surface area contributed by atoms with Gasteiger partial charge in [-0.2, -0.15) is 0 Å². The summed E-state index contributed by atoms with van der Waals surface area (Å²) in [5.41, 5.74) is 2.89. The van der Waals surface area contributed by atoms with E-state index in [9.17, 15) is 21.6 Å². The molecule has 2 aromatic carbocycles. The summed E-state index contributed by atoms with van der Waals surface area (Å²) in [5.74, 6) is -0.462. The van der Waals surface area contributed by atoms with Crippen LogP contribution in [0.5, 0.6) is 0 Å². The third-order valence-electron chi connectivity index (χ3n) is 4.72. The number of rotatable bonds is 7. The lowest BCUT2D eigenvalue weighted by Gasteiger charge is -2.25. The first-order chi connectivity index (χ1) is 13.3. The number of hydrogen-bond donors (Lipinski definition) is 1. The van der Waals surface area contributed by atoms with Crippen molar-refractivity contribution in [3.05, 3.63) is 59.2 Å². The lowest BCUT2D eigenvalue weighted by molar-refractivity contribution is -0.120. The van der Waals surface area contributed by atoms with Crippen LogP contribution in [0.15, 0.2) is 47.4 Å². The van der Waals surface area contributed by atoms with E-state index in [0.717, 1.165) is 27.9 Å². The first-order valence-corrected chi connectivity index (χ1v) is 12.7. The first-order valence-electron chi connectivity index (χ1n) is 8.94. The molecule has 0 radical (unpaired) electrons. The fourth-order valence-corrected chi connectivity index (χ4v) is 4.43. The molecule has 0 spiro atoms. The number of carbonyl (C=O) groups excluding carboxylic acids is 1. The zero-order valence-electron chi connectivity index (χ0n) is 17.1. The lowest BCUT2D eigenvalue weighted by atomic mass is 10.1. The molecule has 0 bridgehead atoms. The smallest absolute Gasteiger partial charge is 0.241 e. The second-order valence-electron chi connectivity index (χ2n) is 7.12. The van der Waals surface area contributed by atoms with Crippen LogP contribution in [-0.2, 0) is 24.7 Å². The number of sulfonamides is 1. The van der Waals surface area contributed by atoms with Gasteiger partial charge in [-0.1, -0.05) is 24.3 Å². The van der Waals surface area contributed by atoms with E-state index in [4.69, 9.17) is 0 Å². The standard InChI is InChI=1S/C20H26N2O5S2/c1-14-7-6-8-19(15(14)2)22(29(5,26)27)13-20(23)21-16(3)17-9-11-18(12-10-17)28(4,24)25/h6-12,16H,13H2,1-5H3,(H,21,23)/t16-/m0/s1. The number of nitrogens with one attached hydrogen (secondary N) is 1. The minimum absolute atomic E-state index is 0.193. The predicted octanol–water partition coefficient (Wildman–Crippen LogP) is 2.35. The summed E-state index contributed by atoms with van der Waals surface area (Å²) in [6.45, 7) is 5.08. The van der Waals surface area contributed by atoms with Crippen molar-refractivity contribution in [2.24, 2.45) is 0 Å². The zero-order valence-corrected chi connectivity index (χ0v) is 18.8. The van der Waals surface area contributed by atoms with E-state index in [1.54, 1.807) is 31.2 Å². The van der Waals surface area contributed by atoms with Gasteiger partial charge >= 0.3 is 0 Å². The molecular formula is C20H26N2O5S2. The van der Waals surface area contributed by atoms with Crippen molar-refractivity contribution in [3.63, 3.8) is 0 Å². The molecule has 1 N–H and O–H groups in total. The maximum Gasteiger partial charge on any atom is 0.241 e. The Labute approximate surface area is 172 Å². The van der Waals surface area contributed by atoms with E-state index < -0.39 is 31.8 Å². The Bertz CT molecular complexity index is 1110. The van der Waals surface area contributed by atoms with Crippen LogP contribution in [-0.4, -0.2) is 41.8 Å². The number of amides is 1. The summed E-state index contributed by atoms with van der Waals surface area (Å²) < 4.78 is 48.8. The molecule has 29 heavy (non-hydrogen) atoms. The Morgan fingerprint density at radius 3 is 2.10 bits per heavy atom. The number of anilines is 1. The van der Waals surface area contributed by atoms with E-state index in [1.807, 2.05) is 19.9 Å². The molecule has 2 aromatic rings. The van der Waals surface area contributed by atoms with Crippen molar-refractivity contribution < 1.29 is 21.6 Å². The van der Waals surface area contributed by atoms with Gasteiger partial charge in [-0.15, -0.1) is 0 Å². The topological polar surface area (TPSA) is 101 Å². The first kappa shape index (κ1) is 22.9. The van der Waals surface area contributed by atoms with Crippen LogP contribution in [0.2, 0.25) is 0 Å². The normalized spacial score (nSPS) is 13.0. The van der Waals surface area contributed by atoms with Crippen LogP contribution < -0.4 is 9.62 Å². The average molecular weight is 439 g/mol. The highest BCUT2D eigenvalue weighted by atomic mass is 32.2. The highest BCUT2D eigenvalue weighted by Gasteiger charge is 2.23. The predicted molar refractivity (Wildman–Crippen MR) is 114 cm³/mol. The second-order valence-corrected chi connectivity index (χ2v) is 11.0. The summed E-state index contributed by atoms with van der Waals surface area (Å²) in [7, 11) is -6.97. The zero-order chi connectivity index (χ0) is 22.0. The maximum atomic E-state index is 12.6. The van der Waals surface area contributed by atoms with Gasteiger partial charge in [-0.3, -0.25) is 9.10 Å². The number of benzene rings is 2. The monoisotopic (exact) mass is 438 g/mol. The van der Waals surface area contributed by atoms with Crippen LogP contribution in [0.3, 0.4) is 0 Å². The Hall–Kier alpha value is -2.39. The van der Waals surface area contributed by atoms with Crippen LogP contribution in [0.25, 0.3) is 0 Å². The SMILES string of the molecule is Cc1cccc(N(CC(=O)N[C@@H](C)c2ccc(S(C)(=O)=O)cc2)S(C)(=O)=O)c1C. The summed E-state index contributed by atoms with van der Waals surface area (Å²) in [6, 6.07) is 11.1. The van der Waals surface area contributed by atoms with Crippen molar-refractivity contribution >= 4 is 31.5 Å². The van der Waals surface area contributed by atoms with Crippen LogP contribution in [0.1, 0.15) is 29.7 Å². The molecule has 0 heterocycles. The molecule has 1 amide bonds. The summed E-state index contributed by atoms with van der Waals surface area (Å²) >= 11 is 0. The van der Waals surface area contributed by atoms with Crippen LogP contribution in [0, 0.1) is 13.8 Å². The van der Waals surface area contributed by atoms with Gasteiger partial charge in [0.15, 0.2) is 9.84 Å².